The van der Waals surface area contributed by atoms with Crippen LogP contribution in [0.4, 0.5) is 4.79 Å². The summed E-state index contributed by atoms with van der Waals surface area (Å²) >= 11 is 0. The molecule has 0 saturated carbocycles. The summed E-state index contributed by atoms with van der Waals surface area (Å²) in [7, 11) is 0. The molecule has 13 heavy (non-hydrogen) atoms. The van der Waals surface area contributed by atoms with Crippen molar-refractivity contribution >= 4 is 12.0 Å². The van der Waals surface area contributed by atoms with Crippen molar-refractivity contribution in [2.24, 2.45) is 5.73 Å². The second-order valence-corrected chi connectivity index (χ2v) is 2.95. The van der Waals surface area contributed by atoms with Crippen LogP contribution in [-0.4, -0.2) is 35.9 Å². The van der Waals surface area contributed by atoms with Crippen LogP contribution in [-0.2, 0) is 9.53 Å². The van der Waals surface area contributed by atoms with E-state index in [1.807, 2.05) is 0 Å². The summed E-state index contributed by atoms with van der Waals surface area (Å²) in [6, 6.07) is -0.229. The van der Waals surface area contributed by atoms with Gasteiger partial charge in [-0.05, 0) is 12.8 Å². The average Bonchev–Trinajstić information content (AvgIpc) is 2.04. The number of amides is 2. The molecule has 0 aliphatic carbocycles. The Morgan fingerprint density at radius 1 is 1.46 bits per heavy atom. The first-order valence-electron chi connectivity index (χ1n) is 4.00. The highest BCUT2D eigenvalue weighted by molar-refractivity contribution is 5.78. The average molecular weight is 188 g/mol. The Morgan fingerprint density at radius 2 is 2.15 bits per heavy atom. The van der Waals surface area contributed by atoms with E-state index in [1.54, 1.807) is 0 Å². The van der Waals surface area contributed by atoms with E-state index in [0.29, 0.717) is 12.8 Å². The molecule has 0 unspecified atom stereocenters. The molecule has 74 valence electrons. The molecule has 0 bridgehead atoms. The molecule has 1 aliphatic rings. The second kappa shape index (κ2) is 4.08. The molecule has 0 spiro atoms. The highest BCUT2D eigenvalue weighted by atomic mass is 16.5. The highest BCUT2D eigenvalue weighted by Crippen LogP contribution is 2.12. The van der Waals surface area contributed by atoms with Crippen LogP contribution in [0.15, 0.2) is 0 Å². The van der Waals surface area contributed by atoms with Crippen LogP contribution in [0.3, 0.4) is 0 Å². The van der Waals surface area contributed by atoms with Crippen LogP contribution < -0.4 is 11.1 Å². The molecule has 1 rings (SSSR count). The molecule has 6 heteroatoms. The predicted molar refractivity (Wildman–Crippen MR) is 43.1 cm³/mol. The van der Waals surface area contributed by atoms with E-state index in [0.717, 1.165) is 0 Å². The Labute approximate surface area is 75.0 Å². The van der Waals surface area contributed by atoms with Crippen molar-refractivity contribution in [3.8, 4) is 0 Å². The smallest absolute Gasteiger partial charge is 0.404 e. The first-order valence-corrected chi connectivity index (χ1v) is 4.00. The Morgan fingerprint density at radius 3 is 2.54 bits per heavy atom. The lowest BCUT2D eigenvalue weighted by molar-refractivity contribution is -0.132. The molecule has 1 saturated heterocycles. The van der Waals surface area contributed by atoms with Crippen molar-refractivity contribution < 1.29 is 19.4 Å². The Balaban J connectivity index is 2.30. The van der Waals surface area contributed by atoms with Gasteiger partial charge in [-0.15, -0.1) is 0 Å². The van der Waals surface area contributed by atoms with Gasteiger partial charge in [-0.1, -0.05) is 0 Å². The van der Waals surface area contributed by atoms with Crippen LogP contribution in [0.5, 0.6) is 0 Å². The largest absolute Gasteiger partial charge is 0.465 e. The molecule has 1 heterocycles. The first-order chi connectivity index (χ1) is 6.09. The second-order valence-electron chi connectivity index (χ2n) is 2.95. The van der Waals surface area contributed by atoms with Crippen LogP contribution in [0, 0.1) is 0 Å². The zero-order chi connectivity index (χ0) is 9.84. The number of nitrogens with one attached hydrogen (secondary N) is 1. The van der Waals surface area contributed by atoms with Gasteiger partial charge in [-0.3, -0.25) is 4.79 Å². The number of nitrogens with two attached hydrogens (primary N) is 1. The maximum absolute atomic E-state index is 10.6. The standard InChI is InChI=1S/C7H12N2O4/c8-6(10)5-2-1-4(3-13-5)9-7(11)12/h4-5,9H,1-3H2,(H2,8,10)(H,11,12)/t4-,5+/m1/s1. The Kier molecular flexibility index (Phi) is 3.07. The maximum Gasteiger partial charge on any atom is 0.404 e. The monoisotopic (exact) mass is 188 g/mol. The minimum Gasteiger partial charge on any atom is -0.465 e. The van der Waals surface area contributed by atoms with E-state index >= 15 is 0 Å². The first kappa shape index (κ1) is 9.79. The number of carboxylic acid groups (broad SMARTS) is 1. The molecule has 2 atom stereocenters. The number of primary amides is 1. The zero-order valence-electron chi connectivity index (χ0n) is 7.03. The normalized spacial score (nSPS) is 28.0. The van der Waals surface area contributed by atoms with Crippen LogP contribution in [0.1, 0.15) is 12.8 Å². The van der Waals surface area contributed by atoms with Gasteiger partial charge < -0.3 is 20.9 Å². The molecule has 1 aliphatic heterocycles. The minimum absolute atomic E-state index is 0.208. The quantitative estimate of drug-likeness (QED) is 0.532. The van der Waals surface area contributed by atoms with E-state index in [1.165, 1.54) is 0 Å². The summed E-state index contributed by atoms with van der Waals surface area (Å²) in [6.45, 7) is 0.208. The lowest BCUT2D eigenvalue weighted by Crippen LogP contribution is -2.45. The van der Waals surface area contributed by atoms with Gasteiger partial charge in [0, 0.05) is 0 Å². The molecular formula is C7H12N2O4. The van der Waals surface area contributed by atoms with E-state index in [4.69, 9.17) is 15.6 Å². The maximum atomic E-state index is 10.6. The SMILES string of the molecule is NC(=O)[C@@H]1CC[C@@H](NC(=O)O)CO1. The van der Waals surface area contributed by atoms with E-state index in [9.17, 15) is 9.59 Å². The van der Waals surface area contributed by atoms with Gasteiger partial charge in [0.1, 0.15) is 6.10 Å². The van der Waals surface area contributed by atoms with Crippen molar-refractivity contribution in [2.45, 2.75) is 25.0 Å². The number of rotatable bonds is 2. The molecule has 0 aromatic rings. The van der Waals surface area contributed by atoms with Gasteiger partial charge in [-0.2, -0.15) is 0 Å². The third-order valence-electron chi connectivity index (χ3n) is 1.92. The van der Waals surface area contributed by atoms with Gasteiger partial charge in [0.2, 0.25) is 5.91 Å². The number of carbonyl (C=O) groups excluding carboxylic acids is 1. The molecule has 0 aromatic heterocycles. The predicted octanol–water partition coefficient (Wildman–Crippen LogP) is -0.713. The van der Waals surface area contributed by atoms with Gasteiger partial charge in [0.25, 0.3) is 0 Å². The van der Waals surface area contributed by atoms with Gasteiger partial charge in [-0.25, -0.2) is 4.79 Å². The zero-order valence-corrected chi connectivity index (χ0v) is 7.03. The topological polar surface area (TPSA) is 102 Å². The summed E-state index contributed by atoms with van der Waals surface area (Å²) < 4.78 is 5.05. The number of carbonyl (C=O) groups is 2. The van der Waals surface area contributed by atoms with Gasteiger partial charge >= 0.3 is 6.09 Å². The Bertz CT molecular complexity index is 211. The number of ether oxygens (including phenoxy) is 1. The fraction of sp³-hybridized carbons (Fsp3) is 0.714. The Hall–Kier alpha value is -1.30. The molecular weight excluding hydrogens is 176 g/mol. The fourth-order valence-electron chi connectivity index (χ4n) is 1.26. The summed E-state index contributed by atoms with van der Waals surface area (Å²) in [5.74, 6) is -0.492. The molecule has 0 aromatic carbocycles. The summed E-state index contributed by atoms with van der Waals surface area (Å²) in [4.78, 5) is 20.9. The summed E-state index contributed by atoms with van der Waals surface area (Å²) in [6.07, 6.45) is -0.585. The van der Waals surface area contributed by atoms with Crippen molar-refractivity contribution in [3.05, 3.63) is 0 Å². The van der Waals surface area contributed by atoms with Crippen molar-refractivity contribution in [1.29, 1.82) is 0 Å². The summed E-state index contributed by atoms with van der Waals surface area (Å²) in [5.41, 5.74) is 5.01. The van der Waals surface area contributed by atoms with E-state index in [-0.39, 0.29) is 12.6 Å². The third-order valence-corrected chi connectivity index (χ3v) is 1.92. The lowest BCUT2D eigenvalue weighted by Gasteiger charge is -2.26. The molecule has 6 nitrogen and oxygen atoms in total. The fourth-order valence-corrected chi connectivity index (χ4v) is 1.26. The van der Waals surface area contributed by atoms with Crippen molar-refractivity contribution in [1.82, 2.24) is 5.32 Å². The highest BCUT2D eigenvalue weighted by Gasteiger charge is 2.25. The van der Waals surface area contributed by atoms with Crippen LogP contribution >= 0.6 is 0 Å². The minimum atomic E-state index is -1.08. The van der Waals surface area contributed by atoms with Crippen LogP contribution in [0.25, 0.3) is 0 Å². The van der Waals surface area contributed by atoms with E-state index in [2.05, 4.69) is 5.32 Å². The van der Waals surface area contributed by atoms with Crippen molar-refractivity contribution in [3.63, 3.8) is 0 Å². The molecule has 2 amide bonds. The van der Waals surface area contributed by atoms with Gasteiger partial charge in [0.05, 0.1) is 12.6 Å². The number of hydrogen-bond donors (Lipinski definition) is 3. The van der Waals surface area contributed by atoms with Gasteiger partial charge in [0.15, 0.2) is 0 Å². The van der Waals surface area contributed by atoms with Crippen LogP contribution in [0.2, 0.25) is 0 Å². The molecule has 1 fully saturated rings. The molecule has 0 radical (unpaired) electrons. The number of hydrogen-bond acceptors (Lipinski definition) is 3. The molecule has 4 N–H and O–H groups in total. The lowest BCUT2D eigenvalue weighted by atomic mass is 10.1. The third kappa shape index (κ3) is 2.90. The summed E-state index contributed by atoms with van der Waals surface area (Å²) in [5, 5.41) is 10.7. The van der Waals surface area contributed by atoms with E-state index < -0.39 is 18.1 Å². The van der Waals surface area contributed by atoms with Crippen molar-refractivity contribution in [2.75, 3.05) is 6.61 Å².